The van der Waals surface area contributed by atoms with Gasteiger partial charge in [0.15, 0.2) is 24.0 Å². The lowest BCUT2D eigenvalue weighted by Gasteiger charge is -2.23. The Balaban J connectivity index is 1.62. The molecule has 1 aliphatic heterocycles. The lowest BCUT2D eigenvalue weighted by Crippen LogP contribution is -2.25. The number of allylic oxidation sites excluding steroid dienone is 1. The number of ketones is 1. The van der Waals surface area contributed by atoms with Crippen LogP contribution in [0, 0.1) is 5.82 Å². The standard InChI is InChI=1S/C23H24FNO4/c1-23(2)17-7-5-6-8-19(17)25(3)21(23)13-16(26)14-29-22(27)12-15-9-10-20(28-4)18(24)11-15/h5-11,13H,12,14H2,1-4H3/b21-13+. The molecule has 2 aromatic carbocycles. The number of fused-ring (bicyclic) bond motifs is 1. The predicted molar refractivity (Wildman–Crippen MR) is 109 cm³/mol. The molecule has 0 bridgehead atoms. The molecular formula is C23H24FNO4. The van der Waals surface area contributed by atoms with Gasteiger partial charge in [-0.2, -0.15) is 0 Å². The molecule has 1 heterocycles. The first kappa shape index (κ1) is 20.6. The molecule has 0 radical (unpaired) electrons. The van der Waals surface area contributed by atoms with E-state index in [-0.39, 0.29) is 30.0 Å². The van der Waals surface area contributed by atoms with E-state index in [1.807, 2.05) is 36.2 Å². The maximum atomic E-state index is 13.7. The largest absolute Gasteiger partial charge is 0.494 e. The van der Waals surface area contributed by atoms with Crippen LogP contribution in [-0.2, 0) is 26.2 Å². The first-order valence-corrected chi connectivity index (χ1v) is 9.30. The van der Waals surface area contributed by atoms with Crippen LogP contribution in [0.15, 0.2) is 54.2 Å². The van der Waals surface area contributed by atoms with Crippen molar-refractivity contribution in [2.75, 3.05) is 25.7 Å². The second kappa shape index (κ2) is 8.07. The zero-order valence-corrected chi connectivity index (χ0v) is 17.0. The van der Waals surface area contributed by atoms with Gasteiger partial charge < -0.3 is 14.4 Å². The number of anilines is 1. The third-order valence-corrected chi connectivity index (χ3v) is 5.18. The summed E-state index contributed by atoms with van der Waals surface area (Å²) in [6, 6.07) is 12.2. The first-order chi connectivity index (χ1) is 13.7. The molecule has 1 aliphatic rings. The van der Waals surface area contributed by atoms with Crippen LogP contribution in [0.5, 0.6) is 5.75 Å². The Morgan fingerprint density at radius 1 is 1.17 bits per heavy atom. The molecule has 29 heavy (non-hydrogen) atoms. The van der Waals surface area contributed by atoms with Crippen LogP contribution in [0.25, 0.3) is 0 Å². The molecule has 2 aromatic rings. The fourth-order valence-electron chi connectivity index (χ4n) is 3.64. The van der Waals surface area contributed by atoms with Crippen molar-refractivity contribution in [1.82, 2.24) is 0 Å². The van der Waals surface area contributed by atoms with Gasteiger partial charge in [0.2, 0.25) is 0 Å². The number of ether oxygens (including phenoxy) is 2. The summed E-state index contributed by atoms with van der Waals surface area (Å²) in [5.74, 6) is -1.34. The molecule has 0 aromatic heterocycles. The third kappa shape index (κ3) is 4.16. The van der Waals surface area contributed by atoms with Crippen molar-refractivity contribution >= 4 is 17.4 Å². The number of benzene rings is 2. The van der Waals surface area contributed by atoms with Crippen molar-refractivity contribution in [3.05, 3.63) is 71.2 Å². The number of nitrogens with zero attached hydrogens (tertiary/aromatic N) is 1. The Kier molecular flexibility index (Phi) is 5.73. The number of hydrogen-bond donors (Lipinski definition) is 0. The summed E-state index contributed by atoms with van der Waals surface area (Å²) in [7, 11) is 3.28. The highest BCUT2D eigenvalue weighted by atomic mass is 19.1. The number of para-hydroxylation sites is 1. The van der Waals surface area contributed by atoms with Crippen molar-refractivity contribution in [3.63, 3.8) is 0 Å². The molecule has 0 amide bonds. The van der Waals surface area contributed by atoms with Gasteiger partial charge in [0.05, 0.1) is 13.5 Å². The molecule has 0 spiro atoms. The minimum Gasteiger partial charge on any atom is -0.494 e. The zero-order chi connectivity index (χ0) is 21.2. The lowest BCUT2D eigenvalue weighted by molar-refractivity contribution is -0.146. The Morgan fingerprint density at radius 3 is 2.55 bits per heavy atom. The van der Waals surface area contributed by atoms with Gasteiger partial charge in [-0.15, -0.1) is 0 Å². The van der Waals surface area contributed by atoms with E-state index in [1.54, 1.807) is 6.07 Å². The van der Waals surface area contributed by atoms with Crippen molar-refractivity contribution in [3.8, 4) is 5.75 Å². The van der Waals surface area contributed by atoms with Gasteiger partial charge in [-0.3, -0.25) is 9.59 Å². The molecule has 0 unspecified atom stereocenters. The highest BCUT2D eigenvalue weighted by Crippen LogP contribution is 2.46. The Bertz CT molecular complexity index is 981. The fourth-order valence-corrected chi connectivity index (χ4v) is 3.64. The van der Waals surface area contributed by atoms with Gasteiger partial charge in [0.1, 0.15) is 0 Å². The van der Waals surface area contributed by atoms with E-state index < -0.39 is 11.8 Å². The monoisotopic (exact) mass is 397 g/mol. The number of halogens is 1. The maximum absolute atomic E-state index is 13.7. The summed E-state index contributed by atoms with van der Waals surface area (Å²) in [6.45, 7) is 3.75. The van der Waals surface area contributed by atoms with Gasteiger partial charge in [0.25, 0.3) is 0 Å². The average Bonchev–Trinajstić information content (AvgIpc) is 2.88. The van der Waals surface area contributed by atoms with Crippen LogP contribution >= 0.6 is 0 Å². The number of carbonyl (C=O) groups excluding carboxylic acids is 2. The molecule has 0 saturated heterocycles. The minimum absolute atomic E-state index is 0.105. The molecule has 6 heteroatoms. The number of hydrogen-bond acceptors (Lipinski definition) is 5. The first-order valence-electron chi connectivity index (χ1n) is 9.30. The summed E-state index contributed by atoms with van der Waals surface area (Å²) in [4.78, 5) is 26.4. The average molecular weight is 397 g/mol. The summed E-state index contributed by atoms with van der Waals surface area (Å²) in [5.41, 5.74) is 3.16. The van der Waals surface area contributed by atoms with E-state index in [9.17, 15) is 14.0 Å². The summed E-state index contributed by atoms with van der Waals surface area (Å²) < 4.78 is 23.7. The number of carbonyl (C=O) groups is 2. The quantitative estimate of drug-likeness (QED) is 0.548. The Morgan fingerprint density at radius 2 is 1.90 bits per heavy atom. The van der Waals surface area contributed by atoms with E-state index in [1.165, 1.54) is 25.3 Å². The fraction of sp³-hybridized carbons (Fsp3) is 0.304. The van der Waals surface area contributed by atoms with Gasteiger partial charge in [-0.25, -0.2) is 4.39 Å². The highest BCUT2D eigenvalue weighted by molar-refractivity contribution is 5.94. The van der Waals surface area contributed by atoms with Gasteiger partial charge in [-0.05, 0) is 29.3 Å². The SMILES string of the molecule is COc1ccc(CC(=O)OCC(=O)/C=C2/N(C)c3ccccc3C2(C)C)cc1F. The van der Waals surface area contributed by atoms with E-state index >= 15 is 0 Å². The Labute approximate surface area is 169 Å². The molecule has 5 nitrogen and oxygen atoms in total. The highest BCUT2D eigenvalue weighted by Gasteiger charge is 2.38. The molecule has 0 fully saturated rings. The molecule has 0 atom stereocenters. The van der Waals surface area contributed by atoms with Crippen molar-refractivity contribution in [2.45, 2.75) is 25.7 Å². The molecule has 3 rings (SSSR count). The van der Waals surface area contributed by atoms with E-state index in [0.29, 0.717) is 5.56 Å². The van der Waals surface area contributed by atoms with Crippen molar-refractivity contribution < 1.29 is 23.5 Å². The molecule has 0 aliphatic carbocycles. The predicted octanol–water partition coefficient (Wildman–Crippen LogP) is 3.80. The van der Waals surface area contributed by atoms with Crippen LogP contribution < -0.4 is 9.64 Å². The molecule has 0 N–H and O–H groups in total. The lowest BCUT2D eigenvalue weighted by atomic mass is 9.83. The van der Waals surface area contributed by atoms with Gasteiger partial charge in [-0.1, -0.05) is 38.1 Å². The van der Waals surface area contributed by atoms with Gasteiger partial charge >= 0.3 is 5.97 Å². The molecular weight excluding hydrogens is 373 g/mol. The van der Waals surface area contributed by atoms with Crippen LogP contribution in [0.1, 0.15) is 25.0 Å². The number of rotatable bonds is 6. The molecule has 0 saturated carbocycles. The van der Waals surface area contributed by atoms with Crippen LogP contribution in [-0.4, -0.2) is 32.5 Å². The smallest absolute Gasteiger partial charge is 0.310 e. The second-order valence-corrected chi connectivity index (χ2v) is 7.50. The van der Waals surface area contributed by atoms with Crippen LogP contribution in [0.4, 0.5) is 10.1 Å². The number of esters is 1. The van der Waals surface area contributed by atoms with Crippen molar-refractivity contribution in [2.24, 2.45) is 0 Å². The summed E-state index contributed by atoms with van der Waals surface area (Å²) in [5, 5.41) is 0. The van der Waals surface area contributed by atoms with E-state index in [4.69, 9.17) is 9.47 Å². The normalized spacial score (nSPS) is 15.9. The number of likely N-dealkylation sites (N-methyl/N-ethyl adjacent to an activating group) is 1. The van der Waals surface area contributed by atoms with E-state index in [2.05, 4.69) is 13.8 Å². The van der Waals surface area contributed by atoms with Crippen LogP contribution in [0.3, 0.4) is 0 Å². The van der Waals surface area contributed by atoms with E-state index in [0.717, 1.165) is 16.9 Å². The molecule has 152 valence electrons. The Hall–Kier alpha value is -3.15. The summed E-state index contributed by atoms with van der Waals surface area (Å²) >= 11 is 0. The number of methoxy groups -OCH3 is 1. The van der Waals surface area contributed by atoms with Crippen molar-refractivity contribution in [1.29, 1.82) is 0 Å². The van der Waals surface area contributed by atoms with Gasteiger partial charge in [0, 0.05) is 29.9 Å². The summed E-state index contributed by atoms with van der Waals surface area (Å²) in [6.07, 6.45) is 1.40. The zero-order valence-electron chi connectivity index (χ0n) is 17.0. The van der Waals surface area contributed by atoms with Crippen LogP contribution in [0.2, 0.25) is 0 Å². The topological polar surface area (TPSA) is 55.8 Å². The second-order valence-electron chi connectivity index (χ2n) is 7.50. The maximum Gasteiger partial charge on any atom is 0.310 e. The minimum atomic E-state index is -0.594. The third-order valence-electron chi connectivity index (χ3n) is 5.18.